The highest BCUT2D eigenvalue weighted by molar-refractivity contribution is 7.30. The average molecular weight is 257 g/mol. The van der Waals surface area contributed by atoms with Crippen molar-refractivity contribution in [1.82, 2.24) is 4.90 Å². The molecule has 0 saturated heterocycles. The second kappa shape index (κ2) is 15.0. The summed E-state index contributed by atoms with van der Waals surface area (Å²) < 4.78 is 8.74. The Bertz CT molecular complexity index is 149. The highest BCUT2D eigenvalue weighted by Crippen LogP contribution is 1.98. The molecule has 0 spiro atoms. The zero-order valence-electron chi connectivity index (χ0n) is 9.80. The first-order valence-corrected chi connectivity index (χ1v) is 6.74. The van der Waals surface area contributed by atoms with Crippen LogP contribution in [0.5, 0.6) is 0 Å². The van der Waals surface area contributed by atoms with Gasteiger partial charge in [-0.25, -0.2) is 0 Å². The van der Waals surface area contributed by atoms with Crippen molar-refractivity contribution in [2.24, 2.45) is 0 Å². The summed E-state index contributed by atoms with van der Waals surface area (Å²) in [5.41, 5.74) is 0. The van der Waals surface area contributed by atoms with Crippen LogP contribution in [0.15, 0.2) is 0 Å². The van der Waals surface area contributed by atoms with Gasteiger partial charge in [0.05, 0.1) is 13.2 Å². The van der Waals surface area contributed by atoms with Crippen LogP contribution in [0.1, 0.15) is 26.2 Å². The summed E-state index contributed by atoms with van der Waals surface area (Å²) in [7, 11) is -3.13. The fourth-order valence-corrected chi connectivity index (χ4v) is 1.20. The maximum Gasteiger partial charge on any atom is 0.314 e. The molecule has 0 fully saturated rings. The first-order valence-electron chi connectivity index (χ1n) is 5.44. The molecular weight excluding hydrogens is 233 g/mol. The van der Waals surface area contributed by atoms with Crippen LogP contribution < -0.4 is 0 Å². The Morgan fingerprint density at radius 1 is 1.00 bits per heavy atom. The van der Waals surface area contributed by atoms with E-state index in [1.165, 1.54) is 12.8 Å². The molecule has 7 heteroatoms. The van der Waals surface area contributed by atoms with Crippen molar-refractivity contribution >= 4 is 8.25 Å². The van der Waals surface area contributed by atoms with E-state index < -0.39 is 8.25 Å². The molecular formula is C9H24NO5P. The highest BCUT2D eigenvalue weighted by Gasteiger charge is 2.01. The standard InChI is InChI=1S/C9H21NO2.H3O3P/c1-2-3-4-5-10(6-8-11)7-9-12;1-4(2)3/h11-12H,2-9H2,1H3;4H,(H2,1,2,3). The molecule has 0 aromatic carbocycles. The number of hydrogen-bond acceptors (Lipinski definition) is 4. The zero-order valence-corrected chi connectivity index (χ0v) is 10.8. The number of aliphatic hydroxyl groups excluding tert-OH is 2. The van der Waals surface area contributed by atoms with Gasteiger partial charge < -0.3 is 20.0 Å². The van der Waals surface area contributed by atoms with Gasteiger partial charge in [0.25, 0.3) is 0 Å². The van der Waals surface area contributed by atoms with Gasteiger partial charge in [-0.1, -0.05) is 19.8 Å². The van der Waals surface area contributed by atoms with E-state index in [9.17, 15) is 0 Å². The number of rotatable bonds is 8. The summed E-state index contributed by atoms with van der Waals surface area (Å²) in [4.78, 5) is 16.4. The summed E-state index contributed by atoms with van der Waals surface area (Å²) in [5.74, 6) is 0. The third-order valence-electron chi connectivity index (χ3n) is 1.91. The molecule has 0 bridgehead atoms. The lowest BCUT2D eigenvalue weighted by Crippen LogP contribution is -2.30. The van der Waals surface area contributed by atoms with E-state index >= 15 is 0 Å². The smallest absolute Gasteiger partial charge is 0.314 e. The first kappa shape index (κ1) is 18.4. The minimum Gasteiger partial charge on any atom is -0.395 e. The minimum absolute atomic E-state index is 0.187. The zero-order chi connectivity index (χ0) is 12.8. The molecule has 0 atom stereocenters. The first-order chi connectivity index (χ1) is 7.58. The van der Waals surface area contributed by atoms with E-state index in [-0.39, 0.29) is 13.2 Å². The Hall–Kier alpha value is 0.0300. The van der Waals surface area contributed by atoms with E-state index in [1.807, 2.05) is 0 Å². The summed E-state index contributed by atoms with van der Waals surface area (Å²) in [6.07, 6.45) is 3.61. The molecule has 0 aromatic heterocycles. The molecule has 0 heterocycles. The molecule has 0 radical (unpaired) electrons. The van der Waals surface area contributed by atoms with Crippen LogP contribution in [-0.4, -0.2) is 57.7 Å². The number of hydrogen-bond donors (Lipinski definition) is 4. The predicted octanol–water partition coefficient (Wildman–Crippen LogP) is -0.176. The molecule has 0 aliphatic carbocycles. The van der Waals surface area contributed by atoms with Gasteiger partial charge in [-0.15, -0.1) is 0 Å². The van der Waals surface area contributed by atoms with Crippen LogP contribution in [0.4, 0.5) is 0 Å². The summed E-state index contributed by atoms with van der Waals surface area (Å²) in [6.45, 7) is 4.91. The Labute approximate surface area is 97.5 Å². The van der Waals surface area contributed by atoms with Crippen LogP contribution in [0.2, 0.25) is 0 Å². The minimum atomic E-state index is -3.13. The largest absolute Gasteiger partial charge is 0.395 e. The second-order valence-electron chi connectivity index (χ2n) is 3.28. The molecule has 0 aliphatic heterocycles. The van der Waals surface area contributed by atoms with E-state index in [4.69, 9.17) is 24.6 Å². The molecule has 0 unspecified atom stereocenters. The van der Waals surface area contributed by atoms with Crippen molar-refractivity contribution in [3.63, 3.8) is 0 Å². The Balaban J connectivity index is 0. The molecule has 0 rings (SSSR count). The molecule has 0 aromatic rings. The van der Waals surface area contributed by atoms with Crippen molar-refractivity contribution in [3.8, 4) is 0 Å². The third kappa shape index (κ3) is 19.6. The summed E-state index contributed by atoms with van der Waals surface area (Å²) in [6, 6.07) is 0. The van der Waals surface area contributed by atoms with Gasteiger partial charge in [0.2, 0.25) is 0 Å². The molecule has 4 N–H and O–H groups in total. The van der Waals surface area contributed by atoms with Crippen molar-refractivity contribution in [3.05, 3.63) is 0 Å². The Kier molecular flexibility index (Phi) is 17.3. The van der Waals surface area contributed by atoms with Gasteiger partial charge in [-0.2, -0.15) is 0 Å². The third-order valence-corrected chi connectivity index (χ3v) is 1.91. The van der Waals surface area contributed by atoms with E-state index in [0.717, 1.165) is 13.0 Å². The quantitative estimate of drug-likeness (QED) is 0.355. The van der Waals surface area contributed by atoms with Gasteiger partial charge in [-0.3, -0.25) is 9.46 Å². The topological polar surface area (TPSA) is 101 Å². The average Bonchev–Trinajstić information content (AvgIpc) is 2.18. The van der Waals surface area contributed by atoms with E-state index in [2.05, 4.69) is 11.8 Å². The predicted molar refractivity (Wildman–Crippen MR) is 63.6 cm³/mol. The van der Waals surface area contributed by atoms with Crippen molar-refractivity contribution in [2.45, 2.75) is 26.2 Å². The van der Waals surface area contributed by atoms with Crippen molar-refractivity contribution < 1.29 is 24.6 Å². The van der Waals surface area contributed by atoms with Crippen LogP contribution in [0.3, 0.4) is 0 Å². The Morgan fingerprint density at radius 3 is 1.75 bits per heavy atom. The van der Waals surface area contributed by atoms with Crippen molar-refractivity contribution in [2.75, 3.05) is 32.8 Å². The maximum atomic E-state index is 8.74. The molecule has 100 valence electrons. The SMILES string of the molecule is CCCCCN(CCO)CCO.O=[PH](O)O. The van der Waals surface area contributed by atoms with Gasteiger partial charge in [-0.05, 0) is 13.0 Å². The van der Waals surface area contributed by atoms with Crippen LogP contribution in [0, 0.1) is 0 Å². The fraction of sp³-hybridized carbons (Fsp3) is 1.00. The lowest BCUT2D eigenvalue weighted by Gasteiger charge is -2.19. The molecule has 0 saturated carbocycles. The number of unbranched alkanes of at least 4 members (excludes halogenated alkanes) is 2. The lowest BCUT2D eigenvalue weighted by atomic mass is 10.2. The lowest BCUT2D eigenvalue weighted by molar-refractivity contribution is 0.159. The second-order valence-corrected chi connectivity index (χ2v) is 3.84. The number of nitrogens with zero attached hydrogens (tertiary/aromatic N) is 1. The number of aliphatic hydroxyl groups is 2. The summed E-state index contributed by atoms with van der Waals surface area (Å²) in [5, 5.41) is 17.4. The van der Waals surface area contributed by atoms with Crippen LogP contribution in [0.25, 0.3) is 0 Å². The molecule has 0 aliphatic rings. The maximum absolute atomic E-state index is 8.74. The Morgan fingerprint density at radius 2 is 1.44 bits per heavy atom. The van der Waals surface area contributed by atoms with E-state index in [0.29, 0.717) is 13.1 Å². The van der Waals surface area contributed by atoms with Gasteiger partial charge in [0.15, 0.2) is 0 Å². The molecule has 16 heavy (non-hydrogen) atoms. The van der Waals surface area contributed by atoms with Crippen LogP contribution >= 0.6 is 8.25 Å². The summed E-state index contributed by atoms with van der Waals surface area (Å²) >= 11 is 0. The molecule has 0 amide bonds. The van der Waals surface area contributed by atoms with Crippen LogP contribution in [-0.2, 0) is 4.57 Å². The normalized spacial score (nSPS) is 10.4. The van der Waals surface area contributed by atoms with Gasteiger partial charge in [0, 0.05) is 13.1 Å². The van der Waals surface area contributed by atoms with Crippen molar-refractivity contribution in [1.29, 1.82) is 0 Å². The fourth-order valence-electron chi connectivity index (χ4n) is 1.20. The molecule has 6 nitrogen and oxygen atoms in total. The monoisotopic (exact) mass is 257 g/mol. The highest BCUT2D eigenvalue weighted by atomic mass is 31.1. The van der Waals surface area contributed by atoms with E-state index in [1.54, 1.807) is 0 Å². The van der Waals surface area contributed by atoms with Gasteiger partial charge >= 0.3 is 8.25 Å². The van der Waals surface area contributed by atoms with Gasteiger partial charge in [0.1, 0.15) is 0 Å².